The highest BCUT2D eigenvalue weighted by molar-refractivity contribution is 6.01. The van der Waals surface area contributed by atoms with Gasteiger partial charge in [-0.1, -0.05) is 39.8 Å². The zero-order chi connectivity index (χ0) is 22.5. The Morgan fingerprint density at radius 1 is 1.23 bits per heavy atom. The fourth-order valence-corrected chi connectivity index (χ4v) is 3.67. The highest BCUT2D eigenvalue weighted by Crippen LogP contribution is 2.28. The van der Waals surface area contributed by atoms with Crippen molar-refractivity contribution in [3.63, 3.8) is 0 Å². The Morgan fingerprint density at radius 2 is 1.93 bits per heavy atom. The van der Waals surface area contributed by atoms with Crippen LogP contribution in [-0.2, 0) is 16.1 Å². The van der Waals surface area contributed by atoms with Crippen molar-refractivity contribution in [3.8, 4) is 0 Å². The van der Waals surface area contributed by atoms with E-state index in [-0.39, 0.29) is 23.8 Å². The summed E-state index contributed by atoms with van der Waals surface area (Å²) in [5, 5.41) is 10.9. The number of hydrogen-bond donors (Lipinski definition) is 2. The second kappa shape index (κ2) is 9.94. The number of nitrogens with one attached hydrogen (secondary N) is 1. The van der Waals surface area contributed by atoms with Crippen LogP contribution in [0.5, 0.6) is 0 Å². The van der Waals surface area contributed by atoms with Gasteiger partial charge in [0.1, 0.15) is 0 Å². The third-order valence-electron chi connectivity index (χ3n) is 4.91. The summed E-state index contributed by atoms with van der Waals surface area (Å²) in [5.41, 5.74) is 6.02. The zero-order valence-electron chi connectivity index (χ0n) is 19.0. The summed E-state index contributed by atoms with van der Waals surface area (Å²) in [6.07, 6.45) is 4.08. The molecular weight excluding hydrogens is 380 g/mol. The first kappa shape index (κ1) is 23.7. The van der Waals surface area contributed by atoms with Crippen LogP contribution in [-0.4, -0.2) is 35.6 Å². The third-order valence-corrected chi connectivity index (χ3v) is 4.91. The number of aliphatic hydroxyl groups excluding tert-OH is 1. The number of aliphatic hydroxyl groups is 1. The van der Waals surface area contributed by atoms with Crippen LogP contribution < -0.4 is 5.43 Å². The number of nitrogens with zero attached hydrogens (tertiary/aromatic N) is 1. The highest BCUT2D eigenvalue weighted by Gasteiger charge is 2.28. The molecule has 0 saturated carbocycles. The van der Waals surface area contributed by atoms with E-state index in [1.54, 1.807) is 19.2 Å². The molecule has 30 heavy (non-hydrogen) atoms. The molecule has 0 heterocycles. The number of allylic oxidation sites excluding steroid dienone is 2. The molecule has 1 aliphatic rings. The molecule has 0 radical (unpaired) electrons. The summed E-state index contributed by atoms with van der Waals surface area (Å²) in [6, 6.07) is 5.27. The molecule has 0 atom stereocenters. The first-order chi connectivity index (χ1) is 14.1. The Bertz CT molecular complexity index is 862. The molecule has 0 aliphatic heterocycles. The first-order valence-electron chi connectivity index (χ1n) is 10.4. The van der Waals surface area contributed by atoms with Crippen molar-refractivity contribution in [2.75, 3.05) is 13.7 Å². The summed E-state index contributed by atoms with van der Waals surface area (Å²) >= 11 is 0. The molecule has 1 aliphatic carbocycles. The lowest BCUT2D eigenvalue weighted by molar-refractivity contribution is -0.121. The van der Waals surface area contributed by atoms with Crippen molar-refractivity contribution in [2.45, 2.75) is 60.5 Å². The number of amides is 2. The van der Waals surface area contributed by atoms with Gasteiger partial charge in [0.2, 0.25) is 0 Å². The lowest BCUT2D eigenvalue weighted by Crippen LogP contribution is -2.50. The Morgan fingerprint density at radius 3 is 2.50 bits per heavy atom. The number of carbonyl (C=O) groups excluding carboxylic acids is 2. The van der Waals surface area contributed by atoms with Crippen LogP contribution in [0.15, 0.2) is 41.2 Å². The normalized spacial score (nSPS) is 14.3. The topological polar surface area (TPSA) is 78.9 Å². The SMILES string of the molecule is CCC1=C(OC)CCC=C1C(=O)NN(CC(C)(C)C)C(=O)c1cc(C)cc(CO)c1. The van der Waals surface area contributed by atoms with Gasteiger partial charge in [-0.2, -0.15) is 0 Å². The van der Waals surface area contributed by atoms with E-state index in [4.69, 9.17) is 4.74 Å². The molecule has 0 aromatic heterocycles. The third kappa shape index (κ3) is 5.95. The van der Waals surface area contributed by atoms with Crippen LogP contribution in [0.1, 0.15) is 68.4 Å². The second-order valence-corrected chi connectivity index (χ2v) is 8.87. The minimum absolute atomic E-state index is 0.148. The van der Waals surface area contributed by atoms with Crippen LogP contribution in [0.4, 0.5) is 0 Å². The van der Waals surface area contributed by atoms with Crippen molar-refractivity contribution in [1.82, 2.24) is 10.4 Å². The van der Waals surface area contributed by atoms with E-state index in [0.717, 1.165) is 29.7 Å². The van der Waals surface area contributed by atoms with Crippen LogP contribution in [0, 0.1) is 12.3 Å². The highest BCUT2D eigenvalue weighted by atomic mass is 16.5. The number of hydrogen-bond acceptors (Lipinski definition) is 4. The molecule has 2 amide bonds. The molecule has 2 N–H and O–H groups in total. The van der Waals surface area contributed by atoms with Gasteiger partial charge >= 0.3 is 0 Å². The average Bonchev–Trinajstić information content (AvgIpc) is 2.70. The molecule has 6 heteroatoms. The molecule has 164 valence electrons. The smallest absolute Gasteiger partial charge is 0.272 e. The summed E-state index contributed by atoms with van der Waals surface area (Å²) in [5.74, 6) is 0.209. The van der Waals surface area contributed by atoms with Crippen molar-refractivity contribution in [1.29, 1.82) is 0 Å². The molecule has 6 nitrogen and oxygen atoms in total. The van der Waals surface area contributed by atoms with Crippen molar-refractivity contribution < 1.29 is 19.4 Å². The molecule has 0 fully saturated rings. The number of aryl methyl sites for hydroxylation is 1. The predicted octanol–water partition coefficient (Wildman–Crippen LogP) is 4.04. The number of benzene rings is 1. The Labute approximate surface area is 179 Å². The minimum atomic E-state index is -0.311. The summed E-state index contributed by atoms with van der Waals surface area (Å²) in [6.45, 7) is 10.1. The Hall–Kier alpha value is -2.60. The van der Waals surface area contributed by atoms with E-state index in [0.29, 0.717) is 29.7 Å². The standard InChI is InChI=1S/C24H34N2O4/c1-7-19-20(9-8-10-21(19)30-6)22(28)25-26(15-24(3,4)5)23(29)18-12-16(2)11-17(13-18)14-27/h9,11-13,27H,7-8,10,14-15H2,1-6H3,(H,25,28). The maximum atomic E-state index is 13.3. The van der Waals surface area contributed by atoms with Crippen LogP contribution >= 0.6 is 0 Å². The number of methoxy groups -OCH3 is 1. The van der Waals surface area contributed by atoms with Gasteiger partial charge in [-0.3, -0.25) is 15.0 Å². The van der Waals surface area contributed by atoms with Crippen LogP contribution in [0.3, 0.4) is 0 Å². The maximum absolute atomic E-state index is 13.3. The lowest BCUT2D eigenvalue weighted by Gasteiger charge is -2.31. The average molecular weight is 415 g/mol. The molecule has 1 aromatic carbocycles. The summed E-state index contributed by atoms with van der Waals surface area (Å²) < 4.78 is 5.47. The van der Waals surface area contributed by atoms with Gasteiger partial charge in [0.15, 0.2) is 0 Å². The van der Waals surface area contributed by atoms with Crippen molar-refractivity contribution in [2.24, 2.45) is 5.41 Å². The molecule has 2 rings (SSSR count). The second-order valence-electron chi connectivity index (χ2n) is 8.87. The molecule has 0 unspecified atom stereocenters. The van der Waals surface area contributed by atoms with E-state index in [1.165, 1.54) is 5.01 Å². The summed E-state index contributed by atoms with van der Waals surface area (Å²) in [7, 11) is 1.62. The maximum Gasteiger partial charge on any atom is 0.272 e. The van der Waals surface area contributed by atoms with E-state index in [1.807, 2.05) is 46.8 Å². The Kier molecular flexibility index (Phi) is 7.84. The van der Waals surface area contributed by atoms with Gasteiger partial charge in [-0.25, -0.2) is 5.01 Å². The quantitative estimate of drug-likeness (QED) is 0.689. The largest absolute Gasteiger partial charge is 0.501 e. The predicted molar refractivity (Wildman–Crippen MR) is 117 cm³/mol. The molecule has 0 saturated heterocycles. The first-order valence-corrected chi connectivity index (χ1v) is 10.4. The van der Waals surface area contributed by atoms with Crippen molar-refractivity contribution >= 4 is 11.8 Å². The van der Waals surface area contributed by atoms with Gasteiger partial charge in [0.25, 0.3) is 11.8 Å². The Balaban J connectivity index is 2.35. The number of carbonyl (C=O) groups is 2. The van der Waals surface area contributed by atoms with Crippen LogP contribution in [0.25, 0.3) is 0 Å². The van der Waals surface area contributed by atoms with Crippen LogP contribution in [0.2, 0.25) is 0 Å². The van der Waals surface area contributed by atoms with Gasteiger partial charge in [-0.05, 0) is 48.4 Å². The molecule has 0 spiro atoms. The number of hydrazine groups is 1. The van der Waals surface area contributed by atoms with E-state index >= 15 is 0 Å². The van der Waals surface area contributed by atoms with E-state index in [2.05, 4.69) is 5.43 Å². The minimum Gasteiger partial charge on any atom is -0.501 e. The summed E-state index contributed by atoms with van der Waals surface area (Å²) in [4.78, 5) is 26.5. The van der Waals surface area contributed by atoms with Gasteiger partial charge in [-0.15, -0.1) is 0 Å². The number of rotatable bonds is 6. The van der Waals surface area contributed by atoms with Gasteiger partial charge in [0.05, 0.1) is 19.5 Å². The number of ether oxygens (including phenoxy) is 1. The monoisotopic (exact) mass is 414 g/mol. The fourth-order valence-electron chi connectivity index (χ4n) is 3.67. The molecular formula is C24H34N2O4. The fraction of sp³-hybridized carbons (Fsp3) is 0.500. The van der Waals surface area contributed by atoms with Gasteiger partial charge < -0.3 is 9.84 Å². The zero-order valence-corrected chi connectivity index (χ0v) is 19.0. The van der Waals surface area contributed by atoms with Crippen molar-refractivity contribution in [3.05, 3.63) is 57.9 Å². The van der Waals surface area contributed by atoms with Gasteiger partial charge in [0, 0.05) is 29.7 Å². The lowest BCUT2D eigenvalue weighted by atomic mass is 9.93. The molecule has 0 bridgehead atoms. The molecule has 1 aromatic rings. The van der Waals surface area contributed by atoms with E-state index in [9.17, 15) is 14.7 Å². The van der Waals surface area contributed by atoms with E-state index < -0.39 is 0 Å².